The second-order valence-electron chi connectivity index (χ2n) is 6.13. The molecule has 0 aliphatic rings. The first-order valence-corrected chi connectivity index (χ1v) is 6.98. The van der Waals surface area contributed by atoms with Crippen molar-refractivity contribution in [2.75, 3.05) is 0 Å². The third-order valence-corrected chi connectivity index (χ3v) is 3.57. The first-order chi connectivity index (χ1) is 10.1. The summed E-state index contributed by atoms with van der Waals surface area (Å²) >= 11 is 0. The number of nitrogens with zero attached hydrogens (tertiary/aromatic N) is 5. The number of hydrogen-bond acceptors (Lipinski definition) is 3. The van der Waals surface area contributed by atoms with Crippen LogP contribution in [-0.2, 0) is 5.41 Å². The molecule has 2 aromatic heterocycles. The summed E-state index contributed by atoms with van der Waals surface area (Å²) in [6.45, 7) is 6.65. The van der Waals surface area contributed by atoms with Gasteiger partial charge in [-0.15, -0.1) is 0 Å². The maximum Gasteiger partial charge on any atom is 0.155 e. The summed E-state index contributed by atoms with van der Waals surface area (Å²) in [5.41, 5.74) is 2.61. The van der Waals surface area contributed by atoms with Gasteiger partial charge in [-0.3, -0.25) is 0 Å². The van der Waals surface area contributed by atoms with Gasteiger partial charge < -0.3 is 4.57 Å². The summed E-state index contributed by atoms with van der Waals surface area (Å²) in [6.07, 6.45) is 8.71. The largest absolute Gasteiger partial charge is 0.311 e. The van der Waals surface area contributed by atoms with Gasteiger partial charge in [-0.05, 0) is 16.5 Å². The Morgan fingerprint density at radius 3 is 2.29 bits per heavy atom. The van der Waals surface area contributed by atoms with Crippen LogP contribution in [0.2, 0.25) is 0 Å². The van der Waals surface area contributed by atoms with Gasteiger partial charge in [0.15, 0.2) is 6.17 Å². The van der Waals surface area contributed by atoms with Crippen molar-refractivity contribution in [1.29, 1.82) is 0 Å². The molecule has 1 aromatic carbocycles. The fourth-order valence-electron chi connectivity index (χ4n) is 2.37. The Labute approximate surface area is 124 Å². The van der Waals surface area contributed by atoms with E-state index in [0.29, 0.717) is 0 Å². The molecule has 0 bridgehead atoms. The normalized spacial score (nSPS) is 13.3. The first-order valence-electron chi connectivity index (χ1n) is 6.98. The van der Waals surface area contributed by atoms with Gasteiger partial charge >= 0.3 is 0 Å². The van der Waals surface area contributed by atoms with Crippen molar-refractivity contribution in [3.05, 3.63) is 66.8 Å². The van der Waals surface area contributed by atoms with Crippen LogP contribution in [0.25, 0.3) is 0 Å². The van der Waals surface area contributed by atoms with Crippen molar-refractivity contribution in [3.63, 3.8) is 0 Å². The van der Waals surface area contributed by atoms with Crippen LogP contribution in [0.3, 0.4) is 0 Å². The summed E-state index contributed by atoms with van der Waals surface area (Å²) in [7, 11) is 0. The van der Waals surface area contributed by atoms with E-state index >= 15 is 0 Å². The molecule has 0 spiro atoms. The van der Waals surface area contributed by atoms with Crippen molar-refractivity contribution >= 4 is 0 Å². The molecule has 0 amide bonds. The van der Waals surface area contributed by atoms with E-state index in [1.165, 1.54) is 5.56 Å². The maximum atomic E-state index is 4.28. The Balaban J connectivity index is 2.02. The predicted octanol–water partition coefficient (Wildman–Crippen LogP) is 2.87. The lowest BCUT2D eigenvalue weighted by Crippen LogP contribution is -2.19. The van der Waals surface area contributed by atoms with E-state index in [-0.39, 0.29) is 11.6 Å². The van der Waals surface area contributed by atoms with E-state index in [0.717, 1.165) is 5.56 Å². The highest BCUT2D eigenvalue weighted by Gasteiger charge is 2.18. The number of hydrogen-bond donors (Lipinski definition) is 0. The van der Waals surface area contributed by atoms with Gasteiger partial charge in [-0.2, -0.15) is 5.10 Å². The molecule has 0 radical (unpaired) electrons. The number of imidazole rings is 1. The molecule has 0 N–H and O–H groups in total. The molecular weight excluding hydrogens is 262 g/mol. The highest BCUT2D eigenvalue weighted by atomic mass is 15.4. The smallest absolute Gasteiger partial charge is 0.155 e. The molecule has 1 atom stereocenters. The van der Waals surface area contributed by atoms with E-state index in [1.54, 1.807) is 25.2 Å². The third kappa shape index (κ3) is 2.72. The third-order valence-electron chi connectivity index (χ3n) is 3.57. The predicted molar refractivity (Wildman–Crippen MR) is 80.9 cm³/mol. The van der Waals surface area contributed by atoms with Crippen molar-refractivity contribution in [1.82, 2.24) is 24.3 Å². The van der Waals surface area contributed by atoms with Gasteiger partial charge in [0, 0.05) is 12.4 Å². The molecule has 3 rings (SSSR count). The Morgan fingerprint density at radius 2 is 1.76 bits per heavy atom. The molecule has 21 heavy (non-hydrogen) atoms. The first kappa shape index (κ1) is 13.5. The summed E-state index contributed by atoms with van der Waals surface area (Å²) in [5, 5.41) is 4.28. The number of aromatic nitrogens is 5. The van der Waals surface area contributed by atoms with E-state index in [4.69, 9.17) is 0 Å². The molecule has 2 heterocycles. The molecule has 5 heteroatoms. The highest BCUT2D eigenvalue weighted by Crippen LogP contribution is 2.25. The quantitative estimate of drug-likeness (QED) is 0.741. The average molecular weight is 281 g/mol. The Bertz CT molecular complexity index is 641. The Kier molecular flexibility index (Phi) is 3.33. The standard InChI is InChI=1S/C16H19N5/c1-16(2,3)14-6-4-13(5-7-14)15(20-9-8-17-11-20)21-12-18-10-19-21/h4-12,15H,1-3H3. The van der Waals surface area contributed by atoms with Gasteiger partial charge in [0.2, 0.25) is 0 Å². The van der Waals surface area contributed by atoms with E-state index in [1.807, 2.05) is 15.4 Å². The van der Waals surface area contributed by atoms with Crippen LogP contribution in [0.15, 0.2) is 55.6 Å². The fraction of sp³-hybridized carbons (Fsp3) is 0.312. The zero-order valence-corrected chi connectivity index (χ0v) is 12.5. The van der Waals surface area contributed by atoms with Gasteiger partial charge in [0.25, 0.3) is 0 Å². The minimum atomic E-state index is -0.0657. The molecule has 0 aliphatic carbocycles. The summed E-state index contributed by atoms with van der Waals surface area (Å²) < 4.78 is 3.84. The van der Waals surface area contributed by atoms with Crippen LogP contribution in [0.4, 0.5) is 0 Å². The van der Waals surface area contributed by atoms with Gasteiger partial charge in [0.05, 0.1) is 6.33 Å². The number of rotatable bonds is 3. The summed E-state index contributed by atoms with van der Waals surface area (Å²) in [6, 6.07) is 8.65. The van der Waals surface area contributed by atoms with Crippen LogP contribution in [0, 0.1) is 0 Å². The van der Waals surface area contributed by atoms with Crippen LogP contribution in [0.1, 0.15) is 38.1 Å². The molecule has 5 nitrogen and oxygen atoms in total. The fourth-order valence-corrected chi connectivity index (χ4v) is 2.37. The molecular formula is C16H19N5. The lowest BCUT2D eigenvalue weighted by Gasteiger charge is -2.22. The van der Waals surface area contributed by atoms with Gasteiger partial charge in [-0.1, -0.05) is 45.0 Å². The Hall–Kier alpha value is -2.43. The van der Waals surface area contributed by atoms with Crippen molar-refractivity contribution in [3.8, 4) is 0 Å². The van der Waals surface area contributed by atoms with Crippen LogP contribution in [0.5, 0.6) is 0 Å². The van der Waals surface area contributed by atoms with E-state index in [9.17, 15) is 0 Å². The second-order valence-corrected chi connectivity index (χ2v) is 6.13. The second kappa shape index (κ2) is 5.16. The molecule has 0 aliphatic heterocycles. The topological polar surface area (TPSA) is 48.5 Å². The molecule has 0 fully saturated rings. The van der Waals surface area contributed by atoms with Crippen LogP contribution in [-0.4, -0.2) is 24.3 Å². The SMILES string of the molecule is CC(C)(C)c1ccc(C(n2ccnc2)n2cncn2)cc1. The highest BCUT2D eigenvalue weighted by molar-refractivity contribution is 5.29. The Morgan fingerprint density at radius 1 is 1.00 bits per heavy atom. The molecule has 0 saturated carbocycles. The lowest BCUT2D eigenvalue weighted by atomic mass is 9.86. The molecule has 0 saturated heterocycles. The molecule has 1 unspecified atom stereocenters. The van der Waals surface area contributed by atoms with Crippen LogP contribution < -0.4 is 0 Å². The minimum absolute atomic E-state index is 0.0657. The van der Waals surface area contributed by atoms with Crippen LogP contribution >= 0.6 is 0 Å². The lowest BCUT2D eigenvalue weighted by molar-refractivity contribution is 0.454. The van der Waals surface area contributed by atoms with E-state index < -0.39 is 0 Å². The van der Waals surface area contributed by atoms with Gasteiger partial charge in [0.1, 0.15) is 12.7 Å². The molecule has 108 valence electrons. The average Bonchev–Trinajstić information content (AvgIpc) is 3.12. The zero-order valence-electron chi connectivity index (χ0n) is 12.5. The molecule has 3 aromatic rings. The van der Waals surface area contributed by atoms with Crippen molar-refractivity contribution < 1.29 is 0 Å². The maximum absolute atomic E-state index is 4.28. The van der Waals surface area contributed by atoms with Crippen molar-refractivity contribution in [2.45, 2.75) is 32.4 Å². The summed E-state index contributed by atoms with van der Waals surface area (Å²) in [4.78, 5) is 8.19. The number of benzene rings is 1. The summed E-state index contributed by atoms with van der Waals surface area (Å²) in [5.74, 6) is 0. The van der Waals surface area contributed by atoms with Gasteiger partial charge in [-0.25, -0.2) is 14.6 Å². The monoisotopic (exact) mass is 281 g/mol. The zero-order chi connectivity index (χ0) is 14.9. The minimum Gasteiger partial charge on any atom is -0.311 e. The van der Waals surface area contributed by atoms with Crippen molar-refractivity contribution in [2.24, 2.45) is 0 Å². The van der Waals surface area contributed by atoms with E-state index in [2.05, 4.69) is 60.1 Å².